The summed E-state index contributed by atoms with van der Waals surface area (Å²) >= 11 is 1.59. The second kappa shape index (κ2) is 10.9. The second-order valence-corrected chi connectivity index (χ2v) is 8.94. The van der Waals surface area contributed by atoms with E-state index in [1.165, 1.54) is 5.56 Å². The van der Waals surface area contributed by atoms with Gasteiger partial charge in [0.2, 0.25) is 11.8 Å². The maximum atomic E-state index is 12.4. The third-order valence-corrected chi connectivity index (χ3v) is 6.44. The minimum Gasteiger partial charge on any atom is -0.352 e. The molecule has 1 aromatic carbocycles. The van der Waals surface area contributed by atoms with Crippen LogP contribution in [0.4, 0.5) is 0 Å². The number of carbonyl (C=O) groups is 2. The van der Waals surface area contributed by atoms with Crippen LogP contribution in [0.3, 0.4) is 0 Å². The maximum absolute atomic E-state index is 12.4. The minimum absolute atomic E-state index is 0.187. The van der Waals surface area contributed by atoms with Crippen molar-refractivity contribution in [2.75, 3.05) is 38.2 Å². The lowest BCUT2D eigenvalue weighted by atomic mass is 9.92. The van der Waals surface area contributed by atoms with Crippen molar-refractivity contribution in [2.24, 2.45) is 5.92 Å². The van der Waals surface area contributed by atoms with Gasteiger partial charge in [-0.05, 0) is 43.4 Å². The summed E-state index contributed by atoms with van der Waals surface area (Å²) in [5.41, 5.74) is 1.33. The number of likely N-dealkylation sites (tertiary alicyclic amines) is 2. The Labute approximate surface area is 173 Å². The number of nitrogens with zero attached hydrogens (tertiary/aromatic N) is 2. The Hall–Kier alpha value is -1.53. The molecule has 0 spiro atoms. The monoisotopic (exact) mass is 403 g/mol. The highest BCUT2D eigenvalue weighted by Gasteiger charge is 2.25. The van der Waals surface area contributed by atoms with E-state index in [0.717, 1.165) is 58.4 Å². The summed E-state index contributed by atoms with van der Waals surface area (Å²) in [7, 11) is 0. The lowest BCUT2D eigenvalue weighted by Crippen LogP contribution is -2.40. The van der Waals surface area contributed by atoms with E-state index < -0.39 is 0 Å². The van der Waals surface area contributed by atoms with Gasteiger partial charge in [-0.3, -0.25) is 14.5 Å². The third-order valence-electron chi connectivity index (χ3n) is 5.90. The number of carbonyl (C=O) groups excluding carboxylic acids is 2. The number of thioether (sulfide) groups is 1. The van der Waals surface area contributed by atoms with E-state index in [1.807, 2.05) is 17.2 Å². The van der Waals surface area contributed by atoms with Gasteiger partial charge in [-0.1, -0.05) is 30.3 Å². The standard InChI is InChI=1S/C22H33N3O2S/c1-28-17-22(27)25-13-9-18(10-14-25)7-8-21(26)23-20-11-12-24(16-20)15-19-5-3-2-4-6-19/h2-6,18,20H,7-17H2,1H3,(H,23,26). The molecule has 154 valence electrons. The van der Waals surface area contributed by atoms with Crippen molar-refractivity contribution >= 4 is 23.6 Å². The summed E-state index contributed by atoms with van der Waals surface area (Å²) in [6.45, 7) is 4.64. The molecule has 5 nitrogen and oxygen atoms in total. The van der Waals surface area contributed by atoms with Gasteiger partial charge in [0.05, 0.1) is 5.75 Å². The topological polar surface area (TPSA) is 52.7 Å². The van der Waals surface area contributed by atoms with E-state index in [9.17, 15) is 9.59 Å². The Bertz CT molecular complexity index is 632. The fraction of sp³-hybridized carbons (Fsp3) is 0.636. The van der Waals surface area contributed by atoms with E-state index in [-0.39, 0.29) is 17.9 Å². The smallest absolute Gasteiger partial charge is 0.232 e. The molecule has 2 heterocycles. The highest BCUT2D eigenvalue weighted by molar-refractivity contribution is 7.99. The molecule has 0 bridgehead atoms. The molecule has 0 radical (unpaired) electrons. The first-order valence-corrected chi connectivity index (χ1v) is 11.9. The quantitative estimate of drug-likeness (QED) is 0.725. The maximum Gasteiger partial charge on any atom is 0.232 e. The van der Waals surface area contributed by atoms with Crippen LogP contribution in [0.25, 0.3) is 0 Å². The van der Waals surface area contributed by atoms with Gasteiger partial charge in [0.15, 0.2) is 0 Å². The molecular weight excluding hydrogens is 370 g/mol. The molecule has 2 amide bonds. The molecule has 1 N–H and O–H groups in total. The van der Waals surface area contributed by atoms with Crippen LogP contribution >= 0.6 is 11.8 Å². The molecule has 2 aliphatic heterocycles. The van der Waals surface area contributed by atoms with Gasteiger partial charge >= 0.3 is 0 Å². The Balaban J connectivity index is 1.30. The molecule has 6 heteroatoms. The van der Waals surface area contributed by atoms with Gasteiger partial charge in [0, 0.05) is 45.2 Å². The van der Waals surface area contributed by atoms with E-state index in [1.54, 1.807) is 11.8 Å². The number of rotatable bonds is 8. The van der Waals surface area contributed by atoms with Gasteiger partial charge in [0.1, 0.15) is 0 Å². The van der Waals surface area contributed by atoms with Crippen LogP contribution < -0.4 is 5.32 Å². The summed E-state index contributed by atoms with van der Waals surface area (Å²) in [5, 5.41) is 3.23. The predicted octanol–water partition coefficient (Wildman–Crippen LogP) is 2.76. The Morgan fingerprint density at radius 3 is 2.57 bits per heavy atom. The average molecular weight is 404 g/mol. The van der Waals surface area contributed by atoms with Gasteiger partial charge in [-0.15, -0.1) is 0 Å². The molecule has 3 rings (SSSR count). The molecule has 1 aromatic rings. The number of hydrogen-bond acceptors (Lipinski definition) is 4. The van der Waals surface area contributed by atoms with Crippen LogP contribution in [0.1, 0.15) is 37.7 Å². The third kappa shape index (κ3) is 6.52. The molecular formula is C22H33N3O2S. The van der Waals surface area contributed by atoms with Crippen molar-refractivity contribution < 1.29 is 9.59 Å². The van der Waals surface area contributed by atoms with Gasteiger partial charge in [-0.25, -0.2) is 0 Å². The van der Waals surface area contributed by atoms with E-state index in [4.69, 9.17) is 0 Å². The molecule has 0 aliphatic carbocycles. The van der Waals surface area contributed by atoms with Crippen molar-refractivity contribution in [3.63, 3.8) is 0 Å². The molecule has 2 aliphatic rings. The number of hydrogen-bond donors (Lipinski definition) is 1. The Morgan fingerprint density at radius 2 is 1.86 bits per heavy atom. The summed E-state index contributed by atoms with van der Waals surface area (Å²) in [6.07, 6.45) is 6.61. The zero-order valence-corrected chi connectivity index (χ0v) is 17.8. The van der Waals surface area contributed by atoms with Crippen molar-refractivity contribution in [1.29, 1.82) is 0 Å². The fourth-order valence-corrected chi connectivity index (χ4v) is 4.69. The second-order valence-electron chi connectivity index (χ2n) is 8.07. The first-order chi connectivity index (χ1) is 13.6. The molecule has 2 saturated heterocycles. The van der Waals surface area contributed by atoms with E-state index in [0.29, 0.717) is 18.1 Å². The van der Waals surface area contributed by atoms with Crippen LogP contribution in [-0.4, -0.2) is 65.8 Å². The Morgan fingerprint density at radius 1 is 1.11 bits per heavy atom. The zero-order valence-electron chi connectivity index (χ0n) is 16.9. The van der Waals surface area contributed by atoms with Crippen LogP contribution in [0.5, 0.6) is 0 Å². The zero-order chi connectivity index (χ0) is 19.8. The number of benzene rings is 1. The molecule has 0 aromatic heterocycles. The lowest BCUT2D eigenvalue weighted by molar-refractivity contribution is -0.130. The minimum atomic E-state index is 0.187. The molecule has 1 unspecified atom stereocenters. The number of nitrogens with one attached hydrogen (secondary N) is 1. The van der Waals surface area contributed by atoms with Crippen LogP contribution in [0.15, 0.2) is 30.3 Å². The van der Waals surface area contributed by atoms with Crippen molar-refractivity contribution in [2.45, 2.75) is 44.7 Å². The first kappa shape index (κ1) is 21.2. The molecule has 1 atom stereocenters. The van der Waals surface area contributed by atoms with Gasteiger partial charge in [-0.2, -0.15) is 11.8 Å². The van der Waals surface area contributed by atoms with E-state index >= 15 is 0 Å². The number of amides is 2. The van der Waals surface area contributed by atoms with Crippen molar-refractivity contribution in [3.05, 3.63) is 35.9 Å². The Kier molecular flexibility index (Phi) is 8.22. The number of piperidine rings is 1. The summed E-state index contributed by atoms with van der Waals surface area (Å²) < 4.78 is 0. The van der Waals surface area contributed by atoms with Gasteiger partial charge < -0.3 is 10.2 Å². The highest BCUT2D eigenvalue weighted by atomic mass is 32.2. The van der Waals surface area contributed by atoms with Crippen LogP contribution in [-0.2, 0) is 16.1 Å². The summed E-state index contributed by atoms with van der Waals surface area (Å²) in [4.78, 5) is 28.7. The van der Waals surface area contributed by atoms with Gasteiger partial charge in [0.25, 0.3) is 0 Å². The summed E-state index contributed by atoms with van der Waals surface area (Å²) in [6, 6.07) is 10.8. The largest absolute Gasteiger partial charge is 0.352 e. The molecule has 2 fully saturated rings. The first-order valence-electron chi connectivity index (χ1n) is 10.5. The predicted molar refractivity (Wildman–Crippen MR) is 115 cm³/mol. The van der Waals surface area contributed by atoms with Crippen molar-refractivity contribution in [3.8, 4) is 0 Å². The summed E-state index contributed by atoms with van der Waals surface area (Å²) in [5.74, 6) is 1.59. The normalized spacial score (nSPS) is 21.0. The fourth-order valence-electron chi connectivity index (χ4n) is 4.26. The van der Waals surface area contributed by atoms with Crippen LogP contribution in [0, 0.1) is 5.92 Å². The molecule has 0 saturated carbocycles. The highest BCUT2D eigenvalue weighted by Crippen LogP contribution is 2.22. The lowest BCUT2D eigenvalue weighted by Gasteiger charge is -2.32. The SMILES string of the molecule is CSCC(=O)N1CCC(CCC(=O)NC2CCN(Cc3ccccc3)C2)CC1. The van der Waals surface area contributed by atoms with Crippen LogP contribution in [0.2, 0.25) is 0 Å². The average Bonchev–Trinajstić information content (AvgIpc) is 3.14. The van der Waals surface area contributed by atoms with Crippen molar-refractivity contribution in [1.82, 2.24) is 15.1 Å². The van der Waals surface area contributed by atoms with E-state index in [2.05, 4.69) is 34.5 Å². The molecule has 28 heavy (non-hydrogen) atoms.